The lowest BCUT2D eigenvalue weighted by Gasteiger charge is -2.10. The Morgan fingerprint density at radius 3 is 2.30 bits per heavy atom. The molecule has 1 amide bonds. The molecule has 6 heteroatoms. The van der Waals surface area contributed by atoms with E-state index >= 15 is 0 Å². The first kappa shape index (κ1) is 14.5. The van der Waals surface area contributed by atoms with Crippen molar-refractivity contribution in [1.82, 2.24) is 0 Å². The van der Waals surface area contributed by atoms with Gasteiger partial charge in [-0.2, -0.15) is 13.2 Å². The molecule has 0 bridgehead atoms. The van der Waals surface area contributed by atoms with Gasteiger partial charge in [-0.25, -0.2) is 0 Å². The molecule has 0 aromatic heterocycles. The van der Waals surface area contributed by atoms with Crippen molar-refractivity contribution in [2.45, 2.75) is 11.1 Å². The molecule has 0 heterocycles. The lowest BCUT2D eigenvalue weighted by Crippen LogP contribution is -2.13. The molecule has 0 radical (unpaired) electrons. The minimum atomic E-state index is -4.44. The Labute approximate surface area is 119 Å². The van der Waals surface area contributed by atoms with E-state index in [0.717, 1.165) is 12.1 Å². The van der Waals surface area contributed by atoms with Gasteiger partial charge in [0.2, 0.25) is 0 Å². The largest absolute Gasteiger partial charge is 0.416 e. The number of rotatable bonds is 2. The zero-order valence-electron chi connectivity index (χ0n) is 10.1. The molecule has 0 aliphatic heterocycles. The second-order valence-corrected chi connectivity index (χ2v) is 4.60. The van der Waals surface area contributed by atoms with Crippen LogP contribution >= 0.6 is 12.6 Å². The van der Waals surface area contributed by atoms with Crippen LogP contribution in [0.1, 0.15) is 15.9 Å². The first-order chi connectivity index (χ1) is 9.36. The van der Waals surface area contributed by atoms with Crippen LogP contribution in [0.15, 0.2) is 53.4 Å². The summed E-state index contributed by atoms with van der Waals surface area (Å²) < 4.78 is 37.7. The Hall–Kier alpha value is -1.95. The Bertz CT molecular complexity index is 623. The lowest BCUT2D eigenvalue weighted by molar-refractivity contribution is -0.137. The van der Waals surface area contributed by atoms with Crippen LogP contribution in [0.4, 0.5) is 18.9 Å². The molecule has 0 atom stereocenters. The fraction of sp³-hybridized carbons (Fsp3) is 0.0714. The Morgan fingerprint density at radius 2 is 1.70 bits per heavy atom. The highest BCUT2D eigenvalue weighted by Crippen LogP contribution is 2.30. The molecular weight excluding hydrogens is 287 g/mol. The summed E-state index contributed by atoms with van der Waals surface area (Å²) in [5.74, 6) is -0.474. The minimum Gasteiger partial charge on any atom is -0.322 e. The van der Waals surface area contributed by atoms with Crippen molar-refractivity contribution < 1.29 is 18.0 Å². The Kier molecular flexibility index (Phi) is 4.04. The Balaban J connectivity index is 2.18. The zero-order valence-corrected chi connectivity index (χ0v) is 11.0. The van der Waals surface area contributed by atoms with Crippen molar-refractivity contribution >= 4 is 24.2 Å². The van der Waals surface area contributed by atoms with Gasteiger partial charge in [0.05, 0.1) is 5.56 Å². The van der Waals surface area contributed by atoms with E-state index in [4.69, 9.17) is 0 Å². The zero-order chi connectivity index (χ0) is 14.8. The maximum atomic E-state index is 12.6. The van der Waals surface area contributed by atoms with Crippen molar-refractivity contribution in [3.63, 3.8) is 0 Å². The number of thiol groups is 1. The van der Waals surface area contributed by atoms with Crippen LogP contribution in [0.2, 0.25) is 0 Å². The van der Waals surface area contributed by atoms with E-state index in [2.05, 4.69) is 17.9 Å². The number of anilines is 1. The molecule has 2 aromatic carbocycles. The number of carbonyl (C=O) groups is 1. The first-order valence-electron chi connectivity index (χ1n) is 5.64. The highest BCUT2D eigenvalue weighted by Gasteiger charge is 2.30. The van der Waals surface area contributed by atoms with Gasteiger partial charge in [-0.05, 0) is 42.5 Å². The maximum absolute atomic E-state index is 12.6. The molecule has 0 saturated heterocycles. The van der Waals surface area contributed by atoms with Gasteiger partial charge in [0.1, 0.15) is 0 Å². The van der Waals surface area contributed by atoms with Gasteiger partial charge in [-0.1, -0.05) is 6.07 Å². The van der Waals surface area contributed by atoms with E-state index < -0.39 is 17.6 Å². The Morgan fingerprint density at radius 1 is 1.05 bits per heavy atom. The second-order valence-electron chi connectivity index (χ2n) is 4.08. The maximum Gasteiger partial charge on any atom is 0.416 e. The predicted octanol–water partition coefficient (Wildman–Crippen LogP) is 4.25. The van der Waals surface area contributed by atoms with Gasteiger partial charge >= 0.3 is 6.18 Å². The van der Waals surface area contributed by atoms with Gasteiger partial charge in [-0.15, -0.1) is 12.6 Å². The summed E-state index contributed by atoms with van der Waals surface area (Å²) in [5.41, 5.74) is -0.360. The van der Waals surface area contributed by atoms with Crippen molar-refractivity contribution in [2.24, 2.45) is 0 Å². The summed E-state index contributed by atoms with van der Waals surface area (Å²) in [5, 5.41) is 2.43. The van der Waals surface area contributed by atoms with E-state index in [1.54, 1.807) is 24.3 Å². The summed E-state index contributed by atoms with van der Waals surface area (Å²) in [6.45, 7) is 0. The van der Waals surface area contributed by atoms with Crippen LogP contribution in [0, 0.1) is 0 Å². The van der Waals surface area contributed by atoms with Gasteiger partial charge in [0, 0.05) is 16.1 Å². The third-order valence-electron chi connectivity index (χ3n) is 2.58. The molecule has 0 aliphatic rings. The average molecular weight is 297 g/mol. The van der Waals surface area contributed by atoms with E-state index in [9.17, 15) is 18.0 Å². The number of hydrogen-bond donors (Lipinski definition) is 2. The van der Waals surface area contributed by atoms with Crippen LogP contribution in [-0.2, 0) is 6.18 Å². The molecule has 0 fully saturated rings. The van der Waals surface area contributed by atoms with Gasteiger partial charge in [0.15, 0.2) is 0 Å². The average Bonchev–Trinajstić information content (AvgIpc) is 2.38. The summed E-state index contributed by atoms with van der Waals surface area (Å²) in [6.07, 6.45) is -4.44. The van der Waals surface area contributed by atoms with Crippen molar-refractivity contribution in [3.8, 4) is 0 Å². The second kappa shape index (κ2) is 5.58. The summed E-state index contributed by atoms with van der Waals surface area (Å²) in [4.78, 5) is 12.6. The van der Waals surface area contributed by atoms with Gasteiger partial charge in [0.25, 0.3) is 5.91 Å². The molecule has 2 nitrogen and oxygen atoms in total. The van der Waals surface area contributed by atoms with E-state index in [-0.39, 0.29) is 5.69 Å². The molecule has 2 rings (SSSR count). The number of alkyl halides is 3. The topological polar surface area (TPSA) is 29.1 Å². The van der Waals surface area contributed by atoms with Crippen LogP contribution in [0.25, 0.3) is 0 Å². The van der Waals surface area contributed by atoms with Crippen molar-refractivity contribution in [2.75, 3.05) is 5.32 Å². The number of nitrogens with one attached hydrogen (secondary N) is 1. The first-order valence-corrected chi connectivity index (χ1v) is 6.08. The van der Waals surface area contributed by atoms with E-state index in [1.807, 2.05) is 0 Å². The molecule has 1 N–H and O–H groups in total. The molecule has 0 spiro atoms. The van der Waals surface area contributed by atoms with Gasteiger partial charge in [-0.3, -0.25) is 4.79 Å². The molecule has 0 saturated carbocycles. The number of amides is 1. The molecule has 2 aromatic rings. The highest BCUT2D eigenvalue weighted by atomic mass is 32.1. The van der Waals surface area contributed by atoms with Gasteiger partial charge < -0.3 is 5.32 Å². The molecule has 104 valence electrons. The molecule has 0 unspecified atom stereocenters. The van der Waals surface area contributed by atoms with Crippen LogP contribution in [-0.4, -0.2) is 5.91 Å². The quantitative estimate of drug-likeness (QED) is 0.797. The smallest absolute Gasteiger partial charge is 0.322 e. The number of carbonyl (C=O) groups excluding carboxylic acids is 1. The lowest BCUT2D eigenvalue weighted by atomic mass is 10.1. The highest BCUT2D eigenvalue weighted by molar-refractivity contribution is 7.80. The predicted molar refractivity (Wildman–Crippen MR) is 73.1 cm³/mol. The summed E-state index contributed by atoms with van der Waals surface area (Å²) in [6, 6.07) is 10.8. The molecule has 20 heavy (non-hydrogen) atoms. The van der Waals surface area contributed by atoms with E-state index in [1.165, 1.54) is 12.1 Å². The fourth-order valence-electron chi connectivity index (χ4n) is 1.59. The number of hydrogen-bond acceptors (Lipinski definition) is 2. The fourth-order valence-corrected chi connectivity index (χ4v) is 1.74. The summed E-state index contributed by atoms with van der Waals surface area (Å²) >= 11 is 4.09. The molecule has 0 aliphatic carbocycles. The van der Waals surface area contributed by atoms with Crippen LogP contribution in [0.5, 0.6) is 0 Å². The minimum absolute atomic E-state index is 0.0970. The number of halogens is 3. The SMILES string of the molecule is O=C(Nc1cccc(C(F)(F)F)c1)c1ccc(S)cc1. The monoisotopic (exact) mass is 297 g/mol. The van der Waals surface area contributed by atoms with Crippen molar-refractivity contribution in [3.05, 3.63) is 59.7 Å². The standard InChI is InChI=1S/C14H10F3NOS/c15-14(16,17)10-2-1-3-11(8-10)18-13(19)9-4-6-12(20)7-5-9/h1-8,20H,(H,18,19). The number of benzene rings is 2. The van der Waals surface area contributed by atoms with Crippen molar-refractivity contribution in [1.29, 1.82) is 0 Å². The molecular formula is C14H10F3NOS. The third kappa shape index (κ3) is 3.54. The summed E-state index contributed by atoms with van der Waals surface area (Å²) in [7, 11) is 0. The normalized spacial score (nSPS) is 11.2. The van der Waals surface area contributed by atoms with Crippen LogP contribution in [0.3, 0.4) is 0 Å². The van der Waals surface area contributed by atoms with Crippen LogP contribution < -0.4 is 5.32 Å². The third-order valence-corrected chi connectivity index (χ3v) is 2.88. The van der Waals surface area contributed by atoms with E-state index in [0.29, 0.717) is 10.5 Å².